The summed E-state index contributed by atoms with van der Waals surface area (Å²) >= 11 is 1.75. The molecule has 3 heteroatoms. The van der Waals surface area contributed by atoms with E-state index in [0.29, 0.717) is 0 Å². The zero-order valence-corrected chi connectivity index (χ0v) is 8.25. The quantitative estimate of drug-likeness (QED) is 0.716. The Bertz CT molecular complexity index is 310. The molecule has 0 N–H and O–H groups in total. The highest BCUT2D eigenvalue weighted by Crippen LogP contribution is 2.30. The van der Waals surface area contributed by atoms with Crippen LogP contribution in [0.5, 0.6) is 0 Å². The van der Waals surface area contributed by atoms with Gasteiger partial charge in [-0.3, -0.25) is 4.84 Å². The lowest BCUT2D eigenvalue weighted by molar-refractivity contribution is -0.0568. The fourth-order valence-corrected chi connectivity index (χ4v) is 2.15. The fourth-order valence-electron chi connectivity index (χ4n) is 1.28. The molecule has 2 nitrogen and oxygen atoms in total. The molecular weight excluding hydrogens is 182 g/mol. The van der Waals surface area contributed by atoms with Crippen molar-refractivity contribution in [3.8, 4) is 0 Å². The van der Waals surface area contributed by atoms with Gasteiger partial charge in [-0.25, -0.2) is 5.06 Å². The molecule has 0 atom stereocenters. The van der Waals surface area contributed by atoms with Crippen molar-refractivity contribution in [3.63, 3.8) is 0 Å². The Kier molecular flexibility index (Phi) is 2.57. The predicted molar refractivity (Wildman–Crippen MR) is 55.7 cm³/mol. The van der Waals surface area contributed by atoms with Crippen molar-refractivity contribution in [2.24, 2.45) is 0 Å². The highest BCUT2D eigenvalue weighted by atomic mass is 32.2. The van der Waals surface area contributed by atoms with E-state index in [0.717, 1.165) is 11.6 Å². The summed E-state index contributed by atoms with van der Waals surface area (Å²) in [6.45, 7) is 0. The number of hydrogen-bond acceptors (Lipinski definition) is 3. The van der Waals surface area contributed by atoms with Crippen LogP contribution in [-0.2, 0) is 4.84 Å². The van der Waals surface area contributed by atoms with Gasteiger partial charge in [0.05, 0.1) is 18.7 Å². The summed E-state index contributed by atoms with van der Waals surface area (Å²) in [5.41, 5.74) is 2.35. The van der Waals surface area contributed by atoms with Gasteiger partial charge in [0.15, 0.2) is 0 Å². The van der Waals surface area contributed by atoms with Crippen molar-refractivity contribution in [1.82, 2.24) is 5.06 Å². The molecule has 0 aliphatic carbocycles. The number of thioether (sulfide) groups is 1. The minimum absolute atomic E-state index is 0.876. The Morgan fingerprint density at radius 3 is 2.77 bits per heavy atom. The molecule has 1 aromatic rings. The summed E-state index contributed by atoms with van der Waals surface area (Å²) in [5, 5.41) is 4.01. The Morgan fingerprint density at radius 2 is 2.08 bits per heavy atom. The predicted octanol–water partition coefficient (Wildman–Crippen LogP) is 2.55. The second-order valence-corrected chi connectivity index (χ2v) is 3.55. The van der Waals surface area contributed by atoms with Crippen LogP contribution in [-0.4, -0.2) is 18.0 Å². The molecule has 0 unspecified atom stereocenters. The van der Waals surface area contributed by atoms with Crippen LogP contribution in [0.3, 0.4) is 0 Å². The first-order valence-corrected chi connectivity index (χ1v) is 5.15. The van der Waals surface area contributed by atoms with E-state index in [-0.39, 0.29) is 0 Å². The third-order valence-corrected chi connectivity index (χ3v) is 2.72. The molecule has 0 radical (unpaired) electrons. The van der Waals surface area contributed by atoms with Crippen LogP contribution < -0.4 is 0 Å². The second kappa shape index (κ2) is 3.85. The summed E-state index contributed by atoms with van der Waals surface area (Å²) < 4.78 is 0. The third kappa shape index (κ3) is 1.71. The molecule has 0 spiro atoms. The Balaban J connectivity index is 2.26. The van der Waals surface area contributed by atoms with E-state index in [9.17, 15) is 0 Å². The van der Waals surface area contributed by atoms with Crippen molar-refractivity contribution in [1.29, 1.82) is 0 Å². The first-order valence-electron chi connectivity index (χ1n) is 4.10. The van der Waals surface area contributed by atoms with Crippen LogP contribution in [0, 0.1) is 0 Å². The SMILES string of the molecule is CON1CSC=C1c1ccccc1. The van der Waals surface area contributed by atoms with Gasteiger partial charge < -0.3 is 0 Å². The maximum atomic E-state index is 5.22. The minimum atomic E-state index is 0.876. The number of nitrogens with zero attached hydrogens (tertiary/aromatic N) is 1. The van der Waals surface area contributed by atoms with Gasteiger partial charge in [-0.1, -0.05) is 30.3 Å². The van der Waals surface area contributed by atoms with Crippen LogP contribution in [0.15, 0.2) is 35.7 Å². The van der Waals surface area contributed by atoms with E-state index >= 15 is 0 Å². The third-order valence-electron chi connectivity index (χ3n) is 1.95. The van der Waals surface area contributed by atoms with E-state index in [1.54, 1.807) is 18.9 Å². The monoisotopic (exact) mass is 193 g/mol. The normalized spacial score (nSPS) is 16.1. The van der Waals surface area contributed by atoms with E-state index < -0.39 is 0 Å². The fraction of sp³-hybridized carbons (Fsp3) is 0.200. The van der Waals surface area contributed by atoms with Gasteiger partial charge in [-0.2, -0.15) is 0 Å². The first-order chi connectivity index (χ1) is 6.42. The Hall–Kier alpha value is -0.930. The second-order valence-electron chi connectivity index (χ2n) is 2.73. The molecule has 2 rings (SSSR count). The molecule has 13 heavy (non-hydrogen) atoms. The van der Waals surface area contributed by atoms with E-state index in [1.807, 2.05) is 23.3 Å². The lowest BCUT2D eigenvalue weighted by Crippen LogP contribution is -2.15. The van der Waals surface area contributed by atoms with Gasteiger partial charge >= 0.3 is 0 Å². The van der Waals surface area contributed by atoms with Gasteiger partial charge in [-0.05, 0) is 5.41 Å². The molecule has 0 aromatic heterocycles. The minimum Gasteiger partial charge on any atom is -0.276 e. The zero-order chi connectivity index (χ0) is 9.10. The molecule has 1 heterocycles. The van der Waals surface area contributed by atoms with Crippen molar-refractivity contribution in [3.05, 3.63) is 41.3 Å². The molecular formula is C10H11NOS. The number of hydrogen-bond donors (Lipinski definition) is 0. The molecule has 0 amide bonds. The van der Waals surface area contributed by atoms with Crippen molar-refractivity contribution in [2.45, 2.75) is 0 Å². The van der Waals surface area contributed by atoms with Crippen molar-refractivity contribution < 1.29 is 4.84 Å². The molecule has 1 aliphatic rings. The highest BCUT2D eigenvalue weighted by molar-refractivity contribution is 8.02. The van der Waals surface area contributed by atoms with Crippen LogP contribution in [0.4, 0.5) is 0 Å². The summed E-state index contributed by atoms with van der Waals surface area (Å²) in [5.74, 6) is 0.876. The van der Waals surface area contributed by atoms with Gasteiger partial charge in [0.25, 0.3) is 0 Å². The molecule has 1 aliphatic heterocycles. The average Bonchev–Trinajstić information content (AvgIpc) is 2.67. The zero-order valence-electron chi connectivity index (χ0n) is 7.43. The maximum Gasteiger partial charge on any atom is 0.0951 e. The Labute approximate surface area is 82.1 Å². The molecule has 0 saturated heterocycles. The topological polar surface area (TPSA) is 12.5 Å². The smallest absolute Gasteiger partial charge is 0.0951 e. The van der Waals surface area contributed by atoms with Gasteiger partial charge in [-0.15, -0.1) is 11.8 Å². The van der Waals surface area contributed by atoms with Crippen LogP contribution in [0.25, 0.3) is 5.70 Å². The van der Waals surface area contributed by atoms with Crippen LogP contribution in [0.1, 0.15) is 5.56 Å². The lowest BCUT2D eigenvalue weighted by Gasteiger charge is -2.17. The molecule has 1 aromatic carbocycles. The molecule has 0 fully saturated rings. The maximum absolute atomic E-state index is 5.22. The first kappa shape index (κ1) is 8.66. The van der Waals surface area contributed by atoms with Gasteiger partial charge in [0.1, 0.15) is 0 Å². The van der Waals surface area contributed by atoms with Gasteiger partial charge in [0, 0.05) is 5.56 Å². The summed E-state index contributed by atoms with van der Waals surface area (Å²) in [6, 6.07) is 10.3. The standard InChI is InChI=1S/C10H11NOS/c1-12-11-8-13-7-10(11)9-5-3-2-4-6-9/h2-7H,8H2,1H3. The highest BCUT2D eigenvalue weighted by Gasteiger charge is 2.16. The van der Waals surface area contributed by atoms with Crippen molar-refractivity contribution >= 4 is 17.5 Å². The van der Waals surface area contributed by atoms with Crippen molar-refractivity contribution in [2.75, 3.05) is 13.0 Å². The number of rotatable bonds is 2. The molecule has 0 bridgehead atoms. The van der Waals surface area contributed by atoms with Crippen LogP contribution in [0.2, 0.25) is 0 Å². The molecule has 0 saturated carbocycles. The Morgan fingerprint density at radius 1 is 1.31 bits per heavy atom. The summed E-state index contributed by atoms with van der Waals surface area (Å²) in [7, 11) is 1.70. The number of hydroxylamine groups is 2. The van der Waals surface area contributed by atoms with Gasteiger partial charge in [0.2, 0.25) is 0 Å². The van der Waals surface area contributed by atoms with E-state index in [2.05, 4.69) is 17.5 Å². The largest absolute Gasteiger partial charge is 0.276 e. The van der Waals surface area contributed by atoms with E-state index in [1.165, 1.54) is 5.56 Å². The lowest BCUT2D eigenvalue weighted by atomic mass is 10.2. The number of benzene rings is 1. The summed E-state index contributed by atoms with van der Waals surface area (Å²) in [4.78, 5) is 5.22. The summed E-state index contributed by atoms with van der Waals surface area (Å²) in [6.07, 6.45) is 0. The molecule has 68 valence electrons. The van der Waals surface area contributed by atoms with Crippen LogP contribution >= 0.6 is 11.8 Å². The van der Waals surface area contributed by atoms with E-state index in [4.69, 9.17) is 4.84 Å². The average molecular weight is 193 g/mol.